The van der Waals surface area contributed by atoms with Crippen LogP contribution >= 0.6 is 0 Å². The Morgan fingerprint density at radius 1 is 1.17 bits per heavy atom. The summed E-state index contributed by atoms with van der Waals surface area (Å²) in [6.45, 7) is 4.17. The van der Waals surface area contributed by atoms with Gasteiger partial charge in [-0.3, -0.25) is 10.2 Å². The van der Waals surface area contributed by atoms with Crippen molar-refractivity contribution in [3.8, 4) is 0 Å². The van der Waals surface area contributed by atoms with E-state index in [0.717, 1.165) is 6.07 Å². The molecule has 158 valence electrons. The van der Waals surface area contributed by atoms with Gasteiger partial charge < -0.3 is 9.15 Å². The smallest absolute Gasteiger partial charge is 0.411 e. The maximum atomic E-state index is 13.6. The third kappa shape index (κ3) is 4.83. The van der Waals surface area contributed by atoms with Crippen LogP contribution in [0.5, 0.6) is 0 Å². The molecule has 1 amide bonds. The van der Waals surface area contributed by atoms with Crippen LogP contribution in [0.4, 0.5) is 19.3 Å². The lowest BCUT2D eigenvalue weighted by atomic mass is 10.0. The van der Waals surface area contributed by atoms with Gasteiger partial charge in [0, 0.05) is 35.8 Å². The van der Waals surface area contributed by atoms with Crippen molar-refractivity contribution in [1.82, 2.24) is 4.90 Å². The van der Waals surface area contributed by atoms with Crippen molar-refractivity contribution in [3.05, 3.63) is 75.6 Å². The predicted octanol–water partition coefficient (Wildman–Crippen LogP) is 4.83. The summed E-state index contributed by atoms with van der Waals surface area (Å²) in [6.07, 6.45) is -0.601. The highest BCUT2D eigenvalue weighted by molar-refractivity contribution is 5.89. The first-order chi connectivity index (χ1) is 14.3. The molecule has 6 nitrogen and oxygen atoms in total. The van der Waals surface area contributed by atoms with Gasteiger partial charge >= 0.3 is 11.7 Å². The number of hydrogen-bond acceptors (Lipinski definition) is 5. The molecule has 3 rings (SSSR count). The summed E-state index contributed by atoms with van der Waals surface area (Å²) in [4.78, 5) is 25.6. The first-order valence-electron chi connectivity index (χ1n) is 9.44. The molecule has 0 saturated heterocycles. The largest absolute Gasteiger partial charge is 0.450 e. The number of carbonyl (C=O) groups is 1. The first-order valence-corrected chi connectivity index (χ1v) is 9.44. The Labute approximate surface area is 172 Å². The molecule has 0 aliphatic carbocycles. The number of benzene rings is 2. The van der Waals surface area contributed by atoms with E-state index >= 15 is 0 Å². The van der Waals surface area contributed by atoms with E-state index < -0.39 is 23.4 Å². The standard InChI is InChI=1S/C22H22F2N2O4/c1-4-29-22(28)25-16-6-7-17-15(10-21(27)30-20(17)11-16)12-26(3)13(2)14-5-8-18(23)19(24)9-14/h5-11,13H,4,12H2,1-3H3,(H,25,28). The molecule has 0 spiro atoms. The lowest BCUT2D eigenvalue weighted by Gasteiger charge is -2.25. The zero-order chi connectivity index (χ0) is 21.8. The van der Waals surface area contributed by atoms with E-state index in [-0.39, 0.29) is 12.6 Å². The lowest BCUT2D eigenvalue weighted by molar-refractivity contribution is 0.168. The summed E-state index contributed by atoms with van der Waals surface area (Å²) in [5.74, 6) is -1.80. The minimum atomic E-state index is -0.903. The minimum absolute atomic E-state index is 0.229. The van der Waals surface area contributed by atoms with Crippen LogP contribution in [0, 0.1) is 11.6 Å². The molecule has 3 aromatic rings. The zero-order valence-electron chi connectivity index (χ0n) is 16.9. The van der Waals surface area contributed by atoms with E-state index in [4.69, 9.17) is 9.15 Å². The number of halogens is 2. The SMILES string of the molecule is CCOC(=O)Nc1ccc2c(CN(C)C(C)c3ccc(F)c(F)c3)cc(=O)oc2c1. The number of amides is 1. The molecule has 0 fully saturated rings. The Kier molecular flexibility index (Phi) is 6.47. The maximum Gasteiger partial charge on any atom is 0.411 e. The Morgan fingerprint density at radius 2 is 1.93 bits per heavy atom. The summed E-state index contributed by atoms with van der Waals surface area (Å²) in [5.41, 5.74) is 1.55. The van der Waals surface area contributed by atoms with Gasteiger partial charge in [-0.15, -0.1) is 0 Å². The number of anilines is 1. The van der Waals surface area contributed by atoms with E-state index in [1.807, 2.05) is 18.9 Å². The second kappa shape index (κ2) is 9.04. The molecule has 0 aliphatic rings. The average molecular weight is 416 g/mol. The Hall–Kier alpha value is -3.26. The van der Waals surface area contributed by atoms with Crippen LogP contribution in [0.15, 0.2) is 51.7 Å². The highest BCUT2D eigenvalue weighted by Crippen LogP contribution is 2.26. The molecule has 0 saturated carbocycles. The van der Waals surface area contributed by atoms with Crippen molar-refractivity contribution < 1.29 is 22.7 Å². The Balaban J connectivity index is 1.86. The second-order valence-electron chi connectivity index (χ2n) is 6.91. The molecule has 1 unspecified atom stereocenters. The molecule has 8 heteroatoms. The topological polar surface area (TPSA) is 71.8 Å². The normalized spacial score (nSPS) is 12.2. The van der Waals surface area contributed by atoms with Crippen molar-refractivity contribution in [1.29, 1.82) is 0 Å². The summed E-state index contributed by atoms with van der Waals surface area (Å²) in [7, 11) is 1.82. The molecule has 0 aliphatic heterocycles. The first kappa shape index (κ1) is 21.4. The monoisotopic (exact) mass is 416 g/mol. The van der Waals surface area contributed by atoms with Crippen LogP contribution < -0.4 is 10.9 Å². The van der Waals surface area contributed by atoms with Gasteiger partial charge in [-0.1, -0.05) is 6.07 Å². The number of rotatable bonds is 6. The molecule has 0 bridgehead atoms. The lowest BCUT2D eigenvalue weighted by Crippen LogP contribution is -2.23. The third-order valence-electron chi connectivity index (χ3n) is 4.86. The predicted molar refractivity (Wildman–Crippen MR) is 109 cm³/mol. The molecular formula is C22H22F2N2O4. The van der Waals surface area contributed by atoms with Crippen LogP contribution in [0.1, 0.15) is 31.0 Å². The molecule has 1 atom stereocenters. The number of ether oxygens (including phenoxy) is 1. The third-order valence-corrected chi connectivity index (χ3v) is 4.86. The van der Waals surface area contributed by atoms with Crippen molar-refractivity contribution in [2.75, 3.05) is 19.0 Å². The molecule has 2 aromatic carbocycles. The fourth-order valence-corrected chi connectivity index (χ4v) is 3.16. The highest BCUT2D eigenvalue weighted by Gasteiger charge is 2.16. The van der Waals surface area contributed by atoms with E-state index in [1.165, 1.54) is 18.2 Å². The van der Waals surface area contributed by atoms with Crippen LogP contribution in [-0.4, -0.2) is 24.6 Å². The molecule has 1 N–H and O–H groups in total. The fraction of sp³-hybridized carbons (Fsp3) is 0.273. The summed E-state index contributed by atoms with van der Waals surface area (Å²) in [6, 6.07) is 9.94. The van der Waals surface area contributed by atoms with E-state index in [9.17, 15) is 18.4 Å². The molecule has 1 aromatic heterocycles. The summed E-state index contributed by atoms with van der Waals surface area (Å²) >= 11 is 0. The van der Waals surface area contributed by atoms with Gasteiger partial charge in [0.2, 0.25) is 0 Å². The zero-order valence-corrected chi connectivity index (χ0v) is 16.9. The fourth-order valence-electron chi connectivity index (χ4n) is 3.16. The van der Waals surface area contributed by atoms with Crippen molar-refractivity contribution in [2.24, 2.45) is 0 Å². The quantitative estimate of drug-likeness (QED) is 0.583. The number of nitrogens with zero attached hydrogens (tertiary/aromatic N) is 1. The van der Waals surface area contributed by atoms with E-state index in [1.54, 1.807) is 25.1 Å². The molecular weight excluding hydrogens is 394 g/mol. The molecule has 0 radical (unpaired) electrons. The van der Waals surface area contributed by atoms with Gasteiger partial charge in [0.15, 0.2) is 11.6 Å². The molecule has 30 heavy (non-hydrogen) atoms. The molecule has 1 heterocycles. The Bertz CT molecular complexity index is 1130. The highest BCUT2D eigenvalue weighted by atomic mass is 19.2. The summed E-state index contributed by atoms with van der Waals surface area (Å²) in [5, 5.41) is 3.27. The minimum Gasteiger partial charge on any atom is -0.450 e. The second-order valence-corrected chi connectivity index (χ2v) is 6.91. The average Bonchev–Trinajstić information content (AvgIpc) is 2.69. The van der Waals surface area contributed by atoms with Gasteiger partial charge in [-0.2, -0.15) is 0 Å². The van der Waals surface area contributed by atoms with Gasteiger partial charge in [-0.25, -0.2) is 18.4 Å². The van der Waals surface area contributed by atoms with Gasteiger partial charge in [0.1, 0.15) is 5.58 Å². The van der Waals surface area contributed by atoms with Gasteiger partial charge in [-0.05, 0) is 56.3 Å². The van der Waals surface area contributed by atoms with Gasteiger partial charge in [0.25, 0.3) is 0 Å². The van der Waals surface area contributed by atoms with Crippen molar-refractivity contribution >= 4 is 22.7 Å². The van der Waals surface area contributed by atoms with E-state index in [2.05, 4.69) is 5.32 Å². The van der Waals surface area contributed by atoms with Crippen molar-refractivity contribution in [2.45, 2.75) is 26.4 Å². The summed E-state index contributed by atoms with van der Waals surface area (Å²) < 4.78 is 36.9. The maximum absolute atomic E-state index is 13.6. The number of nitrogens with one attached hydrogen (secondary N) is 1. The van der Waals surface area contributed by atoms with Crippen LogP contribution in [0.25, 0.3) is 11.0 Å². The van der Waals surface area contributed by atoms with Crippen LogP contribution in [0.3, 0.4) is 0 Å². The van der Waals surface area contributed by atoms with E-state index in [0.29, 0.717) is 34.3 Å². The Morgan fingerprint density at radius 3 is 2.63 bits per heavy atom. The van der Waals surface area contributed by atoms with Crippen molar-refractivity contribution in [3.63, 3.8) is 0 Å². The van der Waals surface area contributed by atoms with Crippen LogP contribution in [0.2, 0.25) is 0 Å². The van der Waals surface area contributed by atoms with Crippen LogP contribution in [-0.2, 0) is 11.3 Å². The van der Waals surface area contributed by atoms with Gasteiger partial charge in [0.05, 0.1) is 6.61 Å². The number of fused-ring (bicyclic) bond motifs is 1. The number of hydrogen-bond donors (Lipinski definition) is 1. The number of carbonyl (C=O) groups excluding carboxylic acids is 1.